The first-order valence-corrected chi connectivity index (χ1v) is 5.80. The lowest BCUT2D eigenvalue weighted by molar-refractivity contribution is -0.122. The summed E-state index contributed by atoms with van der Waals surface area (Å²) in [7, 11) is 0. The molecular formula is C11H21N3O2. The van der Waals surface area contributed by atoms with Gasteiger partial charge < -0.3 is 16.4 Å². The van der Waals surface area contributed by atoms with E-state index in [4.69, 9.17) is 5.73 Å². The van der Waals surface area contributed by atoms with Crippen molar-refractivity contribution in [1.29, 1.82) is 0 Å². The number of hydrogen-bond donors (Lipinski definition) is 3. The Morgan fingerprint density at radius 2 is 1.75 bits per heavy atom. The van der Waals surface area contributed by atoms with Crippen LogP contribution < -0.4 is 16.4 Å². The second kappa shape index (κ2) is 5.18. The largest absolute Gasteiger partial charge is 0.368 e. The van der Waals surface area contributed by atoms with Gasteiger partial charge in [0.05, 0.1) is 0 Å². The first-order valence-electron chi connectivity index (χ1n) is 5.80. The number of hydrogen-bond acceptors (Lipinski definition) is 2. The van der Waals surface area contributed by atoms with Gasteiger partial charge in [-0.3, -0.25) is 4.79 Å². The number of urea groups is 1. The summed E-state index contributed by atoms with van der Waals surface area (Å²) in [4.78, 5) is 22.6. The summed E-state index contributed by atoms with van der Waals surface area (Å²) in [5.41, 5.74) is 4.17. The quantitative estimate of drug-likeness (QED) is 0.668. The van der Waals surface area contributed by atoms with Gasteiger partial charge in [0, 0.05) is 6.04 Å². The lowest BCUT2D eigenvalue weighted by Gasteiger charge is -2.27. The van der Waals surface area contributed by atoms with Gasteiger partial charge in [-0.05, 0) is 26.7 Å². The monoisotopic (exact) mass is 227 g/mol. The molecule has 1 aliphatic rings. The molecule has 0 bridgehead atoms. The molecule has 0 aliphatic heterocycles. The zero-order valence-corrected chi connectivity index (χ0v) is 10.0. The molecule has 0 spiro atoms. The van der Waals surface area contributed by atoms with Crippen molar-refractivity contribution in [3.05, 3.63) is 0 Å². The lowest BCUT2D eigenvalue weighted by atomic mass is 9.95. The Balaban J connectivity index is 2.37. The molecule has 5 heteroatoms. The molecule has 1 saturated carbocycles. The van der Waals surface area contributed by atoms with E-state index in [9.17, 15) is 9.59 Å². The Bertz CT molecular complexity index is 270. The predicted molar refractivity (Wildman–Crippen MR) is 61.8 cm³/mol. The maximum Gasteiger partial charge on any atom is 0.315 e. The minimum absolute atomic E-state index is 0.234. The van der Waals surface area contributed by atoms with Crippen molar-refractivity contribution in [3.8, 4) is 0 Å². The van der Waals surface area contributed by atoms with Gasteiger partial charge in [0.25, 0.3) is 0 Å². The number of nitrogens with one attached hydrogen (secondary N) is 2. The minimum Gasteiger partial charge on any atom is -0.368 e. The van der Waals surface area contributed by atoms with Gasteiger partial charge in [-0.15, -0.1) is 0 Å². The molecule has 0 aromatic carbocycles. The van der Waals surface area contributed by atoms with Crippen LogP contribution >= 0.6 is 0 Å². The van der Waals surface area contributed by atoms with Crippen LogP contribution in [0.15, 0.2) is 0 Å². The van der Waals surface area contributed by atoms with Crippen molar-refractivity contribution in [3.63, 3.8) is 0 Å². The maximum absolute atomic E-state index is 11.6. The van der Waals surface area contributed by atoms with Gasteiger partial charge in [-0.25, -0.2) is 4.79 Å². The summed E-state index contributed by atoms with van der Waals surface area (Å²) in [6.45, 7) is 3.19. The van der Waals surface area contributed by atoms with E-state index in [1.165, 1.54) is 6.42 Å². The molecule has 0 saturated heterocycles. The van der Waals surface area contributed by atoms with Gasteiger partial charge >= 0.3 is 6.03 Å². The van der Waals surface area contributed by atoms with Crippen molar-refractivity contribution in [2.45, 2.75) is 57.5 Å². The SMILES string of the molecule is CC(C)(NC(=O)NC1CCCCC1)C(N)=O. The molecule has 0 atom stereocenters. The number of primary amides is 1. The summed E-state index contributed by atoms with van der Waals surface area (Å²) < 4.78 is 0. The van der Waals surface area contributed by atoms with E-state index in [1.54, 1.807) is 13.8 Å². The molecule has 1 aliphatic carbocycles. The number of carbonyl (C=O) groups is 2. The highest BCUT2D eigenvalue weighted by Gasteiger charge is 2.27. The molecule has 0 radical (unpaired) electrons. The second-order valence-corrected chi connectivity index (χ2v) is 4.92. The van der Waals surface area contributed by atoms with Crippen LogP contribution in [-0.2, 0) is 4.79 Å². The second-order valence-electron chi connectivity index (χ2n) is 4.92. The Morgan fingerprint density at radius 3 is 2.25 bits per heavy atom. The van der Waals surface area contributed by atoms with E-state index >= 15 is 0 Å². The third-order valence-corrected chi connectivity index (χ3v) is 2.98. The summed E-state index contributed by atoms with van der Waals surface area (Å²) in [6.07, 6.45) is 5.59. The average molecular weight is 227 g/mol. The molecule has 92 valence electrons. The van der Waals surface area contributed by atoms with Crippen molar-refractivity contribution < 1.29 is 9.59 Å². The van der Waals surface area contributed by atoms with E-state index in [1.807, 2.05) is 0 Å². The van der Waals surface area contributed by atoms with Crippen LogP contribution in [0.1, 0.15) is 46.0 Å². The maximum atomic E-state index is 11.6. The Morgan fingerprint density at radius 1 is 1.19 bits per heavy atom. The van der Waals surface area contributed by atoms with Crippen LogP contribution in [0.4, 0.5) is 4.79 Å². The van der Waals surface area contributed by atoms with E-state index in [0.29, 0.717) is 0 Å². The molecule has 0 aromatic rings. The fourth-order valence-corrected chi connectivity index (χ4v) is 1.81. The molecule has 0 unspecified atom stereocenters. The van der Waals surface area contributed by atoms with Crippen LogP contribution in [0.2, 0.25) is 0 Å². The highest BCUT2D eigenvalue weighted by Crippen LogP contribution is 2.17. The summed E-state index contributed by atoms with van der Waals surface area (Å²) in [5.74, 6) is -0.536. The van der Waals surface area contributed by atoms with Gasteiger partial charge in [0.1, 0.15) is 5.54 Å². The van der Waals surface area contributed by atoms with Crippen molar-refractivity contribution >= 4 is 11.9 Å². The molecule has 16 heavy (non-hydrogen) atoms. The van der Waals surface area contributed by atoms with Crippen LogP contribution in [0, 0.1) is 0 Å². The summed E-state index contributed by atoms with van der Waals surface area (Å²) in [5, 5.41) is 5.45. The first-order chi connectivity index (χ1) is 7.42. The Kier molecular flexibility index (Phi) is 4.15. The fourth-order valence-electron chi connectivity index (χ4n) is 1.81. The molecule has 3 amide bonds. The third kappa shape index (κ3) is 3.72. The van der Waals surface area contributed by atoms with Gasteiger partial charge in [0.2, 0.25) is 5.91 Å². The van der Waals surface area contributed by atoms with E-state index < -0.39 is 11.4 Å². The highest BCUT2D eigenvalue weighted by atomic mass is 16.2. The molecular weight excluding hydrogens is 206 g/mol. The Labute approximate surface area is 96.1 Å². The molecule has 5 nitrogen and oxygen atoms in total. The molecule has 4 N–H and O–H groups in total. The molecule has 1 rings (SSSR count). The topological polar surface area (TPSA) is 84.2 Å². The average Bonchev–Trinajstić information content (AvgIpc) is 2.17. The van der Waals surface area contributed by atoms with Crippen molar-refractivity contribution in [2.24, 2.45) is 5.73 Å². The predicted octanol–water partition coefficient (Wildman–Crippen LogP) is 0.882. The van der Waals surface area contributed by atoms with Crippen LogP contribution in [0.3, 0.4) is 0 Å². The van der Waals surface area contributed by atoms with Crippen LogP contribution in [0.25, 0.3) is 0 Å². The lowest BCUT2D eigenvalue weighted by Crippen LogP contribution is -2.57. The van der Waals surface area contributed by atoms with Crippen LogP contribution in [-0.4, -0.2) is 23.5 Å². The molecule has 0 heterocycles. The zero-order chi connectivity index (χ0) is 12.2. The van der Waals surface area contributed by atoms with Crippen LogP contribution in [0.5, 0.6) is 0 Å². The molecule has 1 fully saturated rings. The van der Waals surface area contributed by atoms with E-state index in [2.05, 4.69) is 10.6 Å². The van der Waals surface area contributed by atoms with E-state index in [-0.39, 0.29) is 12.1 Å². The van der Waals surface area contributed by atoms with Gasteiger partial charge in [0.15, 0.2) is 0 Å². The summed E-state index contributed by atoms with van der Waals surface area (Å²) >= 11 is 0. The Hall–Kier alpha value is -1.26. The smallest absolute Gasteiger partial charge is 0.315 e. The normalized spacial score (nSPS) is 17.9. The van der Waals surface area contributed by atoms with Gasteiger partial charge in [-0.2, -0.15) is 0 Å². The fraction of sp³-hybridized carbons (Fsp3) is 0.818. The summed E-state index contributed by atoms with van der Waals surface area (Å²) in [6, 6.07) is -0.0758. The number of rotatable bonds is 3. The van der Waals surface area contributed by atoms with Crippen molar-refractivity contribution in [2.75, 3.05) is 0 Å². The number of amides is 3. The number of carbonyl (C=O) groups excluding carboxylic acids is 2. The first kappa shape index (κ1) is 12.8. The standard InChI is InChI=1S/C11H21N3O2/c1-11(2,9(12)15)14-10(16)13-8-6-4-3-5-7-8/h8H,3-7H2,1-2H3,(H2,12,15)(H2,13,14,16). The molecule has 0 aromatic heterocycles. The minimum atomic E-state index is -1.00. The third-order valence-electron chi connectivity index (χ3n) is 2.98. The van der Waals surface area contributed by atoms with Gasteiger partial charge in [-0.1, -0.05) is 19.3 Å². The highest BCUT2D eigenvalue weighted by molar-refractivity contribution is 5.89. The van der Waals surface area contributed by atoms with E-state index in [0.717, 1.165) is 25.7 Å². The zero-order valence-electron chi connectivity index (χ0n) is 10.0. The number of nitrogens with two attached hydrogens (primary N) is 1. The van der Waals surface area contributed by atoms with Crippen molar-refractivity contribution in [1.82, 2.24) is 10.6 Å².